The molecule has 1 aliphatic heterocycles. The molecule has 1 N–H and O–H groups in total. The van der Waals surface area contributed by atoms with Gasteiger partial charge >= 0.3 is 0 Å². The first-order chi connectivity index (χ1) is 8.16. The lowest BCUT2D eigenvalue weighted by Gasteiger charge is -2.24. The molecule has 1 unspecified atom stereocenters. The number of nitrogens with zero attached hydrogens (tertiary/aromatic N) is 1. The van der Waals surface area contributed by atoms with Crippen LogP contribution in [0.3, 0.4) is 0 Å². The highest BCUT2D eigenvalue weighted by Crippen LogP contribution is 2.28. The van der Waals surface area contributed by atoms with Gasteiger partial charge in [-0.1, -0.05) is 11.6 Å². The Balaban J connectivity index is 2.06. The van der Waals surface area contributed by atoms with E-state index in [0.717, 1.165) is 25.1 Å². The summed E-state index contributed by atoms with van der Waals surface area (Å²) in [5, 5.41) is 14.0. The molecule has 2 rings (SSSR count). The molecule has 0 amide bonds. The Hall–Kier alpha value is -1.33. The molecule has 1 aromatic carbocycles. The largest absolute Gasteiger partial charge is 0.380 e. The first kappa shape index (κ1) is 12.1. The fraction of sp³-hybridized carbons (Fsp3) is 0.455. The Bertz CT molecular complexity index is 419. The third kappa shape index (κ3) is 3.08. The van der Waals surface area contributed by atoms with Crippen LogP contribution in [0.25, 0.3) is 0 Å². The van der Waals surface area contributed by atoms with Gasteiger partial charge in [0, 0.05) is 24.4 Å². The molecule has 17 heavy (non-hydrogen) atoms. The molecule has 1 aromatic rings. The molecule has 1 heterocycles. The monoisotopic (exact) mass is 256 g/mol. The molecule has 0 aliphatic carbocycles. The summed E-state index contributed by atoms with van der Waals surface area (Å²) in [7, 11) is 0. The lowest BCUT2D eigenvalue weighted by atomic mass is 10.1. The van der Waals surface area contributed by atoms with E-state index in [1.165, 1.54) is 6.07 Å². The van der Waals surface area contributed by atoms with Crippen molar-refractivity contribution in [3.8, 4) is 0 Å². The second-order valence-corrected chi connectivity index (χ2v) is 4.39. The number of nitro groups is 1. The number of hydrogen-bond donors (Lipinski definition) is 1. The van der Waals surface area contributed by atoms with Crippen molar-refractivity contribution in [2.45, 2.75) is 18.9 Å². The van der Waals surface area contributed by atoms with E-state index in [0.29, 0.717) is 6.61 Å². The molecule has 1 aliphatic rings. The van der Waals surface area contributed by atoms with Crippen LogP contribution in [0, 0.1) is 10.1 Å². The summed E-state index contributed by atoms with van der Waals surface area (Å²) >= 11 is 5.83. The van der Waals surface area contributed by atoms with Crippen molar-refractivity contribution in [1.29, 1.82) is 0 Å². The lowest BCUT2D eigenvalue weighted by molar-refractivity contribution is -0.384. The minimum absolute atomic E-state index is 0.0721. The van der Waals surface area contributed by atoms with Crippen LogP contribution in [0.4, 0.5) is 11.4 Å². The second kappa shape index (κ2) is 5.33. The highest BCUT2D eigenvalue weighted by atomic mass is 35.5. The zero-order valence-corrected chi connectivity index (χ0v) is 9.94. The molecule has 0 aromatic heterocycles. The summed E-state index contributed by atoms with van der Waals surface area (Å²) in [6.45, 7) is 1.47. The van der Waals surface area contributed by atoms with E-state index in [1.807, 2.05) is 0 Å². The number of nitrogens with one attached hydrogen (secondary N) is 1. The number of benzene rings is 1. The van der Waals surface area contributed by atoms with Crippen LogP contribution in [-0.4, -0.2) is 24.2 Å². The first-order valence-corrected chi connectivity index (χ1v) is 5.83. The predicted octanol–water partition coefficient (Wildman–Crippen LogP) is 2.84. The van der Waals surface area contributed by atoms with Crippen molar-refractivity contribution >= 4 is 23.0 Å². The van der Waals surface area contributed by atoms with Crippen molar-refractivity contribution < 1.29 is 9.66 Å². The van der Waals surface area contributed by atoms with Crippen LogP contribution >= 0.6 is 11.6 Å². The van der Waals surface area contributed by atoms with Crippen LogP contribution in [0.1, 0.15) is 12.8 Å². The first-order valence-electron chi connectivity index (χ1n) is 5.45. The van der Waals surface area contributed by atoms with Crippen LogP contribution in [0.2, 0.25) is 5.02 Å². The number of anilines is 1. The molecule has 1 atom stereocenters. The minimum atomic E-state index is -0.490. The van der Waals surface area contributed by atoms with Gasteiger partial charge in [-0.2, -0.15) is 0 Å². The Labute approximate surface area is 104 Å². The smallest absolute Gasteiger partial charge is 0.288 e. The average molecular weight is 257 g/mol. The molecular weight excluding hydrogens is 244 g/mol. The SMILES string of the molecule is O=[N+]([O-])c1ccc(NC2CCCOC2)cc1Cl. The number of halogens is 1. The van der Waals surface area contributed by atoms with Crippen LogP contribution in [-0.2, 0) is 4.74 Å². The molecule has 0 radical (unpaired) electrons. The fourth-order valence-electron chi connectivity index (χ4n) is 1.84. The highest BCUT2D eigenvalue weighted by molar-refractivity contribution is 6.32. The Kier molecular flexibility index (Phi) is 3.81. The summed E-state index contributed by atoms with van der Waals surface area (Å²) in [4.78, 5) is 10.1. The maximum absolute atomic E-state index is 10.6. The van der Waals surface area contributed by atoms with Gasteiger partial charge in [-0.25, -0.2) is 0 Å². The molecule has 5 nitrogen and oxygen atoms in total. The van der Waals surface area contributed by atoms with Crippen molar-refractivity contribution in [2.24, 2.45) is 0 Å². The molecule has 92 valence electrons. The predicted molar refractivity (Wildman–Crippen MR) is 65.6 cm³/mol. The summed E-state index contributed by atoms with van der Waals surface area (Å²) in [5.74, 6) is 0. The standard InChI is InChI=1S/C11H13ClN2O3/c12-10-6-8(3-4-11(10)14(15)16)13-9-2-1-5-17-7-9/h3-4,6,9,13H,1-2,5,7H2. The summed E-state index contributed by atoms with van der Waals surface area (Å²) in [5.41, 5.74) is 0.716. The molecule has 0 saturated carbocycles. The van der Waals surface area contributed by atoms with E-state index in [9.17, 15) is 10.1 Å². The molecule has 6 heteroatoms. The summed E-state index contributed by atoms with van der Waals surface area (Å²) < 4.78 is 5.34. The summed E-state index contributed by atoms with van der Waals surface area (Å²) in [6, 6.07) is 4.91. The van der Waals surface area contributed by atoms with Crippen LogP contribution < -0.4 is 5.32 Å². The van der Waals surface area contributed by atoms with E-state index in [2.05, 4.69) is 5.32 Å². The number of rotatable bonds is 3. The van der Waals surface area contributed by atoms with Gasteiger partial charge in [0.1, 0.15) is 5.02 Å². The van der Waals surface area contributed by atoms with Gasteiger partial charge < -0.3 is 10.1 Å². The third-order valence-corrected chi connectivity index (χ3v) is 2.98. The zero-order chi connectivity index (χ0) is 12.3. The molecule has 1 fully saturated rings. The van der Waals surface area contributed by atoms with E-state index in [4.69, 9.17) is 16.3 Å². The second-order valence-electron chi connectivity index (χ2n) is 3.98. The number of hydrogen-bond acceptors (Lipinski definition) is 4. The van der Waals surface area contributed by atoms with Gasteiger partial charge in [0.15, 0.2) is 0 Å². The van der Waals surface area contributed by atoms with Gasteiger partial charge in [-0.3, -0.25) is 10.1 Å². The quantitative estimate of drug-likeness (QED) is 0.667. The number of nitro benzene ring substituents is 1. The van der Waals surface area contributed by atoms with Crippen molar-refractivity contribution in [1.82, 2.24) is 0 Å². The Morgan fingerprint density at radius 3 is 2.94 bits per heavy atom. The van der Waals surface area contributed by atoms with Gasteiger partial charge in [0.2, 0.25) is 0 Å². The molecule has 0 spiro atoms. The maximum Gasteiger partial charge on any atom is 0.288 e. The van der Waals surface area contributed by atoms with Crippen molar-refractivity contribution in [2.75, 3.05) is 18.5 Å². The normalized spacial score (nSPS) is 19.9. The third-order valence-electron chi connectivity index (χ3n) is 2.68. The van der Waals surface area contributed by atoms with E-state index >= 15 is 0 Å². The number of ether oxygens (including phenoxy) is 1. The van der Waals surface area contributed by atoms with Crippen molar-refractivity contribution in [3.05, 3.63) is 33.3 Å². The van der Waals surface area contributed by atoms with Gasteiger partial charge in [-0.05, 0) is 25.0 Å². The van der Waals surface area contributed by atoms with Gasteiger partial charge in [0.05, 0.1) is 11.5 Å². The van der Waals surface area contributed by atoms with Gasteiger partial charge in [0.25, 0.3) is 5.69 Å². The zero-order valence-electron chi connectivity index (χ0n) is 9.19. The maximum atomic E-state index is 10.6. The molecule has 1 saturated heterocycles. The fourth-order valence-corrected chi connectivity index (χ4v) is 2.08. The minimum Gasteiger partial charge on any atom is -0.380 e. The van der Waals surface area contributed by atoms with E-state index < -0.39 is 4.92 Å². The Morgan fingerprint density at radius 1 is 1.53 bits per heavy atom. The highest BCUT2D eigenvalue weighted by Gasteiger charge is 2.16. The summed E-state index contributed by atoms with van der Waals surface area (Å²) in [6.07, 6.45) is 2.06. The molecular formula is C11H13ClN2O3. The molecule has 0 bridgehead atoms. The van der Waals surface area contributed by atoms with E-state index in [1.54, 1.807) is 12.1 Å². The van der Waals surface area contributed by atoms with Gasteiger partial charge in [-0.15, -0.1) is 0 Å². The van der Waals surface area contributed by atoms with Crippen LogP contribution in [0.5, 0.6) is 0 Å². The van der Waals surface area contributed by atoms with E-state index in [-0.39, 0.29) is 16.8 Å². The van der Waals surface area contributed by atoms with Crippen LogP contribution in [0.15, 0.2) is 18.2 Å². The average Bonchev–Trinajstić information content (AvgIpc) is 2.30. The topological polar surface area (TPSA) is 64.4 Å². The Morgan fingerprint density at radius 2 is 2.35 bits per heavy atom. The van der Waals surface area contributed by atoms with Crippen molar-refractivity contribution in [3.63, 3.8) is 0 Å². The lowest BCUT2D eigenvalue weighted by Crippen LogP contribution is -2.29.